The minimum absolute atomic E-state index is 0.284. The molecule has 0 aliphatic carbocycles. The molecule has 2 atom stereocenters. The van der Waals surface area contributed by atoms with Gasteiger partial charge in [-0.05, 0) is 38.4 Å². The van der Waals surface area contributed by atoms with Gasteiger partial charge in [0.05, 0.1) is 5.39 Å². The van der Waals surface area contributed by atoms with Crippen LogP contribution in [0.5, 0.6) is 0 Å². The number of hydrogen-bond donors (Lipinski definition) is 1. The summed E-state index contributed by atoms with van der Waals surface area (Å²) in [5.74, 6) is 0.844. The van der Waals surface area contributed by atoms with Crippen molar-refractivity contribution in [3.8, 4) is 0 Å². The first-order valence-electron chi connectivity index (χ1n) is 6.33. The van der Waals surface area contributed by atoms with Crippen molar-refractivity contribution in [1.82, 2.24) is 15.0 Å². The SMILES string of the molecule is Cc1onc2nccc(C3CCC(N)CN3C)c12. The van der Waals surface area contributed by atoms with Crippen LogP contribution < -0.4 is 5.73 Å². The van der Waals surface area contributed by atoms with Gasteiger partial charge in [0, 0.05) is 24.8 Å². The predicted octanol–water partition coefficient (Wildman–Crippen LogP) is 1.63. The van der Waals surface area contributed by atoms with Gasteiger partial charge >= 0.3 is 0 Å². The summed E-state index contributed by atoms with van der Waals surface area (Å²) in [5, 5.41) is 5.04. The average molecular weight is 246 g/mol. The van der Waals surface area contributed by atoms with Gasteiger partial charge in [-0.3, -0.25) is 4.90 Å². The van der Waals surface area contributed by atoms with Gasteiger partial charge in [0.2, 0.25) is 5.65 Å². The third-order valence-corrected chi connectivity index (χ3v) is 3.81. The molecule has 2 N–H and O–H groups in total. The minimum Gasteiger partial charge on any atom is -0.359 e. The van der Waals surface area contributed by atoms with Crippen LogP contribution in [-0.2, 0) is 0 Å². The van der Waals surface area contributed by atoms with Crippen LogP contribution in [0.25, 0.3) is 11.0 Å². The van der Waals surface area contributed by atoms with Gasteiger partial charge in [-0.2, -0.15) is 0 Å². The van der Waals surface area contributed by atoms with E-state index in [1.54, 1.807) is 0 Å². The van der Waals surface area contributed by atoms with Gasteiger partial charge in [0.25, 0.3) is 0 Å². The molecule has 5 heteroatoms. The highest BCUT2D eigenvalue weighted by Gasteiger charge is 2.27. The van der Waals surface area contributed by atoms with Gasteiger partial charge in [0.15, 0.2) is 0 Å². The van der Waals surface area contributed by atoms with Crippen LogP contribution in [-0.4, -0.2) is 34.7 Å². The largest absolute Gasteiger partial charge is 0.359 e. The summed E-state index contributed by atoms with van der Waals surface area (Å²) in [6.07, 6.45) is 3.94. The maximum absolute atomic E-state index is 6.00. The van der Waals surface area contributed by atoms with E-state index in [2.05, 4.69) is 28.2 Å². The summed E-state index contributed by atoms with van der Waals surface area (Å²) in [4.78, 5) is 6.56. The minimum atomic E-state index is 0.284. The Morgan fingerprint density at radius 3 is 3.06 bits per heavy atom. The maximum Gasteiger partial charge on any atom is 0.203 e. The normalized spacial score (nSPS) is 25.7. The van der Waals surface area contributed by atoms with Gasteiger partial charge < -0.3 is 10.3 Å². The third-order valence-electron chi connectivity index (χ3n) is 3.81. The highest BCUT2D eigenvalue weighted by Crippen LogP contribution is 2.34. The molecule has 0 spiro atoms. The number of likely N-dealkylation sites (tertiary alicyclic amines) is 1. The Morgan fingerprint density at radius 2 is 2.28 bits per heavy atom. The van der Waals surface area contributed by atoms with Crippen LogP contribution in [0.2, 0.25) is 0 Å². The van der Waals surface area contributed by atoms with Crippen molar-refractivity contribution in [2.75, 3.05) is 13.6 Å². The van der Waals surface area contributed by atoms with Crippen LogP contribution in [0.1, 0.15) is 30.2 Å². The van der Waals surface area contributed by atoms with E-state index in [0.717, 1.165) is 30.5 Å². The summed E-state index contributed by atoms with van der Waals surface area (Å²) in [6.45, 7) is 2.87. The summed E-state index contributed by atoms with van der Waals surface area (Å²) in [7, 11) is 2.12. The lowest BCUT2D eigenvalue weighted by molar-refractivity contribution is 0.171. The van der Waals surface area contributed by atoms with E-state index in [1.165, 1.54) is 5.56 Å². The van der Waals surface area contributed by atoms with Gasteiger partial charge in [-0.15, -0.1) is 0 Å². The molecule has 96 valence electrons. The van der Waals surface area contributed by atoms with Gasteiger partial charge in [-0.25, -0.2) is 4.98 Å². The average Bonchev–Trinajstić information content (AvgIpc) is 2.72. The van der Waals surface area contributed by atoms with E-state index in [4.69, 9.17) is 10.3 Å². The van der Waals surface area contributed by atoms with Crippen molar-refractivity contribution in [1.29, 1.82) is 0 Å². The Labute approximate surface area is 106 Å². The Kier molecular flexibility index (Phi) is 2.80. The molecule has 1 aliphatic rings. The van der Waals surface area contributed by atoms with Crippen molar-refractivity contribution < 1.29 is 4.52 Å². The predicted molar refractivity (Wildman–Crippen MR) is 69.1 cm³/mol. The molecule has 2 unspecified atom stereocenters. The van der Waals surface area contributed by atoms with Crippen molar-refractivity contribution >= 4 is 11.0 Å². The summed E-state index contributed by atoms with van der Waals surface area (Å²) < 4.78 is 5.25. The van der Waals surface area contributed by atoms with Crippen molar-refractivity contribution in [2.45, 2.75) is 31.8 Å². The number of nitrogens with zero attached hydrogens (tertiary/aromatic N) is 3. The topological polar surface area (TPSA) is 68.2 Å². The van der Waals surface area contributed by atoms with Crippen LogP contribution in [0.3, 0.4) is 0 Å². The smallest absolute Gasteiger partial charge is 0.203 e. The number of piperidine rings is 1. The van der Waals surface area contributed by atoms with Crippen LogP contribution in [0.4, 0.5) is 0 Å². The molecule has 3 heterocycles. The van der Waals surface area contributed by atoms with Crippen LogP contribution in [0, 0.1) is 6.92 Å². The summed E-state index contributed by atoms with van der Waals surface area (Å²) in [6, 6.07) is 2.74. The molecular formula is C13H18N4O. The molecule has 2 aromatic heterocycles. The van der Waals surface area contributed by atoms with E-state index in [0.29, 0.717) is 11.7 Å². The molecule has 0 saturated carbocycles. The number of aryl methyl sites for hydroxylation is 1. The van der Waals surface area contributed by atoms with E-state index in [1.807, 2.05) is 13.1 Å². The first-order chi connectivity index (χ1) is 8.66. The maximum atomic E-state index is 6.00. The zero-order valence-corrected chi connectivity index (χ0v) is 10.8. The first-order valence-corrected chi connectivity index (χ1v) is 6.33. The summed E-state index contributed by atoms with van der Waals surface area (Å²) in [5.41, 5.74) is 7.96. The fourth-order valence-corrected chi connectivity index (χ4v) is 2.90. The molecule has 0 aromatic carbocycles. The number of likely N-dealkylation sites (N-methyl/N-ethyl adjacent to an activating group) is 1. The lowest BCUT2D eigenvalue weighted by atomic mass is 9.92. The zero-order valence-electron chi connectivity index (χ0n) is 10.8. The quantitative estimate of drug-likeness (QED) is 0.828. The highest BCUT2D eigenvalue weighted by molar-refractivity contribution is 5.80. The number of pyridine rings is 1. The monoisotopic (exact) mass is 246 g/mol. The molecule has 0 amide bonds. The van der Waals surface area contributed by atoms with Crippen molar-refractivity contribution in [2.24, 2.45) is 5.73 Å². The highest BCUT2D eigenvalue weighted by atomic mass is 16.5. The fourth-order valence-electron chi connectivity index (χ4n) is 2.90. The second-order valence-electron chi connectivity index (χ2n) is 5.13. The third kappa shape index (κ3) is 1.79. The van der Waals surface area contributed by atoms with E-state index in [9.17, 15) is 0 Å². The molecule has 2 aromatic rings. The number of fused-ring (bicyclic) bond motifs is 1. The number of aromatic nitrogens is 2. The second-order valence-corrected chi connectivity index (χ2v) is 5.13. The Morgan fingerprint density at radius 1 is 1.44 bits per heavy atom. The molecule has 1 aliphatic heterocycles. The van der Waals surface area contributed by atoms with Gasteiger partial charge in [0.1, 0.15) is 5.76 Å². The second kappa shape index (κ2) is 4.33. The Hall–Kier alpha value is -1.46. The molecule has 1 saturated heterocycles. The lowest BCUT2D eigenvalue weighted by Crippen LogP contribution is -2.42. The molecule has 0 bridgehead atoms. The van der Waals surface area contributed by atoms with Crippen molar-refractivity contribution in [3.63, 3.8) is 0 Å². The Bertz CT molecular complexity index is 565. The standard InChI is InChI=1S/C13H18N4O/c1-8-12-10(5-6-15-13(12)16-18-8)11-4-3-9(14)7-17(11)2/h5-6,9,11H,3-4,7,14H2,1-2H3. The van der Waals surface area contributed by atoms with Crippen LogP contribution in [0.15, 0.2) is 16.8 Å². The van der Waals surface area contributed by atoms with E-state index < -0.39 is 0 Å². The molecule has 0 radical (unpaired) electrons. The number of rotatable bonds is 1. The Balaban J connectivity index is 2.06. The van der Waals surface area contributed by atoms with E-state index >= 15 is 0 Å². The first kappa shape index (κ1) is 11.6. The zero-order chi connectivity index (χ0) is 12.7. The molecule has 5 nitrogen and oxygen atoms in total. The van der Waals surface area contributed by atoms with Gasteiger partial charge in [-0.1, -0.05) is 5.16 Å². The number of nitrogens with two attached hydrogens (primary N) is 1. The van der Waals surface area contributed by atoms with Crippen molar-refractivity contribution in [3.05, 3.63) is 23.6 Å². The summed E-state index contributed by atoms with van der Waals surface area (Å²) >= 11 is 0. The molecule has 3 rings (SSSR count). The molecule has 18 heavy (non-hydrogen) atoms. The fraction of sp³-hybridized carbons (Fsp3) is 0.538. The number of hydrogen-bond acceptors (Lipinski definition) is 5. The molecular weight excluding hydrogens is 228 g/mol. The van der Waals surface area contributed by atoms with E-state index in [-0.39, 0.29) is 6.04 Å². The lowest BCUT2D eigenvalue weighted by Gasteiger charge is -2.36. The molecule has 1 fully saturated rings. The van der Waals surface area contributed by atoms with Crippen LogP contribution >= 0.6 is 0 Å².